The van der Waals surface area contributed by atoms with E-state index in [1.54, 1.807) is 24.3 Å². The Balaban J connectivity index is 1.35. The van der Waals surface area contributed by atoms with Crippen molar-refractivity contribution in [2.45, 2.75) is 0 Å². The number of amides is 1. The molecule has 1 aliphatic heterocycles. The van der Waals surface area contributed by atoms with E-state index in [9.17, 15) is 13.2 Å². The van der Waals surface area contributed by atoms with Crippen molar-refractivity contribution in [2.24, 2.45) is 7.05 Å². The predicted molar refractivity (Wildman–Crippen MR) is 117 cm³/mol. The summed E-state index contributed by atoms with van der Waals surface area (Å²) in [5.74, 6) is 0.702. The molecule has 0 saturated carbocycles. The van der Waals surface area contributed by atoms with E-state index in [0.29, 0.717) is 24.3 Å². The van der Waals surface area contributed by atoms with Crippen molar-refractivity contribution < 1.29 is 13.2 Å². The second kappa shape index (κ2) is 7.96. The van der Waals surface area contributed by atoms with E-state index in [1.165, 1.54) is 0 Å². The summed E-state index contributed by atoms with van der Waals surface area (Å²) < 4.78 is 27.0. The second-order valence-corrected chi connectivity index (χ2v) is 9.07. The van der Waals surface area contributed by atoms with Gasteiger partial charge < -0.3 is 9.47 Å². The molecule has 9 nitrogen and oxygen atoms in total. The number of nitrogens with zero attached hydrogens (tertiary/aromatic N) is 4. The van der Waals surface area contributed by atoms with E-state index in [-0.39, 0.29) is 5.91 Å². The third-order valence-corrected chi connectivity index (χ3v) is 5.64. The molecule has 10 heteroatoms. The normalized spacial score (nSPS) is 15.3. The molecule has 0 aliphatic carbocycles. The van der Waals surface area contributed by atoms with Gasteiger partial charge in [-0.3, -0.25) is 14.9 Å². The Kier molecular flexibility index (Phi) is 5.35. The molecule has 0 spiro atoms. The van der Waals surface area contributed by atoms with Crippen molar-refractivity contribution >= 4 is 38.6 Å². The van der Waals surface area contributed by atoms with Crippen molar-refractivity contribution in [3.8, 4) is 0 Å². The summed E-state index contributed by atoms with van der Waals surface area (Å²) >= 11 is 0. The molecule has 1 fully saturated rings. The minimum atomic E-state index is -3.34. The minimum absolute atomic E-state index is 0.225. The van der Waals surface area contributed by atoms with Crippen LogP contribution in [0.25, 0.3) is 11.0 Å². The SMILES string of the molecule is Cn1c(N2CCN(NC(=O)c3ccc(NS(C)(=O)=O)cc3)CC2)nc2ccccc21. The quantitative estimate of drug-likeness (QED) is 0.638. The number of hydrazine groups is 1. The van der Waals surface area contributed by atoms with Crippen LogP contribution >= 0.6 is 0 Å². The summed E-state index contributed by atoms with van der Waals surface area (Å²) in [7, 11) is -1.33. The zero-order valence-corrected chi connectivity index (χ0v) is 17.7. The number of fused-ring (bicyclic) bond motifs is 1. The Morgan fingerprint density at radius 1 is 1.00 bits per heavy atom. The lowest BCUT2D eigenvalue weighted by Gasteiger charge is -2.35. The molecule has 3 aromatic rings. The zero-order valence-electron chi connectivity index (χ0n) is 16.9. The van der Waals surface area contributed by atoms with Crippen molar-refractivity contribution in [3.05, 3.63) is 54.1 Å². The van der Waals surface area contributed by atoms with E-state index in [1.807, 2.05) is 30.3 Å². The third kappa shape index (κ3) is 4.39. The molecule has 0 unspecified atom stereocenters. The molecule has 4 rings (SSSR count). The number of para-hydroxylation sites is 2. The maximum absolute atomic E-state index is 12.5. The van der Waals surface area contributed by atoms with Crippen LogP contribution in [0.1, 0.15) is 10.4 Å². The molecule has 2 heterocycles. The lowest BCUT2D eigenvalue weighted by molar-refractivity contribution is 0.0777. The molecule has 1 saturated heterocycles. The Labute approximate surface area is 175 Å². The smallest absolute Gasteiger partial charge is 0.265 e. The van der Waals surface area contributed by atoms with E-state index in [0.717, 1.165) is 36.3 Å². The molecular weight excluding hydrogens is 404 g/mol. The number of anilines is 2. The van der Waals surface area contributed by atoms with Crippen LogP contribution in [0, 0.1) is 0 Å². The number of nitrogens with one attached hydrogen (secondary N) is 2. The van der Waals surface area contributed by atoms with Crippen LogP contribution in [0.5, 0.6) is 0 Å². The van der Waals surface area contributed by atoms with Crippen molar-refractivity contribution in [1.82, 2.24) is 20.0 Å². The van der Waals surface area contributed by atoms with Crippen LogP contribution in [-0.2, 0) is 17.1 Å². The predicted octanol–water partition coefficient (Wildman–Crippen LogP) is 1.41. The van der Waals surface area contributed by atoms with Gasteiger partial charge in [-0.25, -0.2) is 18.4 Å². The van der Waals surface area contributed by atoms with Crippen LogP contribution in [0.15, 0.2) is 48.5 Å². The first-order chi connectivity index (χ1) is 14.3. The first-order valence-electron chi connectivity index (χ1n) is 9.60. The highest BCUT2D eigenvalue weighted by Crippen LogP contribution is 2.21. The average Bonchev–Trinajstić information content (AvgIpc) is 3.05. The van der Waals surface area contributed by atoms with Gasteiger partial charge in [-0.2, -0.15) is 0 Å². The number of carbonyl (C=O) groups excluding carboxylic acids is 1. The van der Waals surface area contributed by atoms with E-state index in [4.69, 9.17) is 4.98 Å². The largest absolute Gasteiger partial charge is 0.340 e. The molecule has 2 N–H and O–H groups in total. The molecule has 0 atom stereocenters. The Hall–Kier alpha value is -3.11. The highest BCUT2D eigenvalue weighted by molar-refractivity contribution is 7.92. The van der Waals surface area contributed by atoms with Gasteiger partial charge in [0.2, 0.25) is 16.0 Å². The molecule has 0 bridgehead atoms. The van der Waals surface area contributed by atoms with Crippen LogP contribution in [-0.4, -0.2) is 61.3 Å². The molecule has 158 valence electrons. The number of aromatic nitrogens is 2. The number of aryl methyl sites for hydroxylation is 1. The number of benzene rings is 2. The lowest BCUT2D eigenvalue weighted by atomic mass is 10.2. The van der Waals surface area contributed by atoms with Crippen molar-refractivity contribution in [3.63, 3.8) is 0 Å². The summed E-state index contributed by atoms with van der Waals surface area (Å²) in [6, 6.07) is 14.4. The molecule has 1 aromatic heterocycles. The van der Waals surface area contributed by atoms with Gasteiger partial charge in [0.15, 0.2) is 0 Å². The maximum atomic E-state index is 12.5. The third-order valence-electron chi connectivity index (χ3n) is 5.04. The molecule has 30 heavy (non-hydrogen) atoms. The summed E-state index contributed by atoms with van der Waals surface area (Å²) in [4.78, 5) is 19.5. The van der Waals surface area contributed by atoms with E-state index >= 15 is 0 Å². The summed E-state index contributed by atoms with van der Waals surface area (Å²) in [6.45, 7) is 2.83. The number of piperazine rings is 1. The maximum Gasteiger partial charge on any atom is 0.265 e. The molecule has 1 amide bonds. The number of hydrogen-bond acceptors (Lipinski definition) is 6. The van der Waals surface area contributed by atoms with Crippen LogP contribution < -0.4 is 15.0 Å². The zero-order chi connectivity index (χ0) is 21.3. The Bertz CT molecular complexity index is 1160. The fourth-order valence-corrected chi connectivity index (χ4v) is 4.11. The van der Waals surface area contributed by atoms with Gasteiger partial charge in [0.05, 0.1) is 17.3 Å². The Morgan fingerprint density at radius 2 is 1.67 bits per heavy atom. The molecular formula is C20H24N6O3S. The average molecular weight is 429 g/mol. The first-order valence-corrected chi connectivity index (χ1v) is 11.5. The van der Waals surface area contributed by atoms with Crippen molar-refractivity contribution in [1.29, 1.82) is 0 Å². The number of sulfonamides is 1. The van der Waals surface area contributed by atoms with Gasteiger partial charge >= 0.3 is 0 Å². The molecule has 1 aliphatic rings. The number of rotatable bonds is 5. The second-order valence-electron chi connectivity index (χ2n) is 7.33. The summed E-state index contributed by atoms with van der Waals surface area (Å²) in [5, 5.41) is 1.89. The van der Waals surface area contributed by atoms with Gasteiger partial charge in [0.1, 0.15) is 0 Å². The number of carbonyl (C=O) groups is 1. The van der Waals surface area contributed by atoms with Gasteiger partial charge in [-0.05, 0) is 36.4 Å². The minimum Gasteiger partial charge on any atom is -0.340 e. The van der Waals surface area contributed by atoms with Gasteiger partial charge in [0, 0.05) is 44.5 Å². The summed E-state index contributed by atoms with van der Waals surface area (Å²) in [5.41, 5.74) is 5.87. The topological polar surface area (TPSA) is 99.6 Å². The van der Waals surface area contributed by atoms with Gasteiger partial charge in [-0.1, -0.05) is 12.1 Å². The number of imidazole rings is 1. The summed E-state index contributed by atoms with van der Waals surface area (Å²) in [6.07, 6.45) is 1.08. The fourth-order valence-electron chi connectivity index (χ4n) is 3.55. The first kappa shape index (κ1) is 20.2. The molecule has 0 radical (unpaired) electrons. The standard InChI is InChI=1S/C20H24N6O3S/c1-24-18-6-4-3-5-17(18)21-20(24)25-11-13-26(14-12-25)22-19(27)15-7-9-16(10-8-15)23-30(2,28)29/h3-10,23H,11-14H2,1-2H3,(H,22,27). The fraction of sp³-hybridized carbons (Fsp3) is 0.300. The number of hydrogen-bond donors (Lipinski definition) is 2. The highest BCUT2D eigenvalue weighted by atomic mass is 32.2. The van der Waals surface area contributed by atoms with Gasteiger partial charge in [-0.15, -0.1) is 0 Å². The van der Waals surface area contributed by atoms with Crippen LogP contribution in [0.3, 0.4) is 0 Å². The van der Waals surface area contributed by atoms with Gasteiger partial charge in [0.25, 0.3) is 5.91 Å². The van der Waals surface area contributed by atoms with E-state index < -0.39 is 10.0 Å². The van der Waals surface area contributed by atoms with Crippen molar-refractivity contribution in [2.75, 3.05) is 42.1 Å². The van der Waals surface area contributed by atoms with Crippen LogP contribution in [0.2, 0.25) is 0 Å². The van der Waals surface area contributed by atoms with E-state index in [2.05, 4.69) is 25.7 Å². The monoisotopic (exact) mass is 428 g/mol. The Morgan fingerprint density at radius 3 is 2.30 bits per heavy atom. The molecule has 2 aromatic carbocycles. The highest BCUT2D eigenvalue weighted by Gasteiger charge is 2.22. The lowest BCUT2D eigenvalue weighted by Crippen LogP contribution is -2.54. The van der Waals surface area contributed by atoms with Crippen LogP contribution in [0.4, 0.5) is 11.6 Å².